The Labute approximate surface area is 119 Å². The highest BCUT2D eigenvalue weighted by Gasteiger charge is 2.15. The van der Waals surface area contributed by atoms with Crippen molar-refractivity contribution in [1.82, 2.24) is 14.7 Å². The summed E-state index contributed by atoms with van der Waals surface area (Å²) in [7, 11) is 1.87. The number of aryl methyl sites for hydroxylation is 1. The Morgan fingerprint density at radius 3 is 2.50 bits per heavy atom. The summed E-state index contributed by atoms with van der Waals surface area (Å²) >= 11 is 0. The van der Waals surface area contributed by atoms with E-state index in [1.165, 1.54) is 0 Å². The van der Waals surface area contributed by atoms with Gasteiger partial charge in [-0.05, 0) is 24.6 Å². The molecule has 1 aromatic heterocycles. The maximum absolute atomic E-state index is 12.5. The van der Waals surface area contributed by atoms with Gasteiger partial charge >= 0.3 is 0 Å². The van der Waals surface area contributed by atoms with Crippen LogP contribution in [0.1, 0.15) is 28.4 Å². The second kappa shape index (κ2) is 6.34. The quantitative estimate of drug-likeness (QED) is 0.898. The summed E-state index contributed by atoms with van der Waals surface area (Å²) < 4.78 is 1.74. The van der Waals surface area contributed by atoms with Gasteiger partial charge in [-0.15, -0.1) is 0 Å². The number of hydrogen-bond donors (Lipinski definition) is 1. The summed E-state index contributed by atoms with van der Waals surface area (Å²) in [4.78, 5) is 14.3. The smallest absolute Gasteiger partial charge is 0.254 e. The minimum absolute atomic E-state index is 0.0277. The highest BCUT2D eigenvalue weighted by atomic mass is 16.2. The molecule has 0 radical (unpaired) electrons. The Balaban J connectivity index is 2.11. The van der Waals surface area contributed by atoms with E-state index in [0.717, 1.165) is 11.1 Å². The molecule has 106 valence electrons. The predicted octanol–water partition coefficient (Wildman–Crippen LogP) is 1.54. The maximum Gasteiger partial charge on any atom is 0.254 e. The van der Waals surface area contributed by atoms with E-state index < -0.39 is 0 Å². The lowest BCUT2D eigenvalue weighted by molar-refractivity contribution is 0.0752. The van der Waals surface area contributed by atoms with Crippen molar-refractivity contribution < 1.29 is 4.79 Å². The number of nitrogens with zero attached hydrogens (tertiary/aromatic N) is 3. The molecule has 20 heavy (non-hydrogen) atoms. The number of hydrogen-bond acceptors (Lipinski definition) is 3. The standard InChI is InChI=1S/C15H20N4O/c1-3-19(11-13-9-17-18(2)10-13)15(20)14-6-4-12(8-16)5-7-14/h4-7,9-10H,3,8,11,16H2,1-2H3. The van der Waals surface area contributed by atoms with Crippen molar-refractivity contribution in [2.24, 2.45) is 12.8 Å². The fourth-order valence-electron chi connectivity index (χ4n) is 2.07. The average molecular weight is 272 g/mol. The summed E-state index contributed by atoms with van der Waals surface area (Å²) in [5.74, 6) is 0.0277. The van der Waals surface area contributed by atoms with Gasteiger partial charge in [-0.25, -0.2) is 0 Å². The Morgan fingerprint density at radius 1 is 1.30 bits per heavy atom. The molecule has 0 bridgehead atoms. The van der Waals surface area contributed by atoms with Crippen LogP contribution in [0.2, 0.25) is 0 Å². The van der Waals surface area contributed by atoms with E-state index in [1.54, 1.807) is 15.8 Å². The predicted molar refractivity (Wildman–Crippen MR) is 78.0 cm³/mol. The molecule has 0 spiro atoms. The van der Waals surface area contributed by atoms with Crippen molar-refractivity contribution in [1.29, 1.82) is 0 Å². The highest BCUT2D eigenvalue weighted by Crippen LogP contribution is 2.10. The van der Waals surface area contributed by atoms with Crippen LogP contribution >= 0.6 is 0 Å². The topological polar surface area (TPSA) is 64.2 Å². The molecule has 2 N–H and O–H groups in total. The van der Waals surface area contributed by atoms with Crippen LogP contribution in [0.4, 0.5) is 0 Å². The van der Waals surface area contributed by atoms with Gasteiger partial charge in [0.1, 0.15) is 0 Å². The molecule has 0 aliphatic heterocycles. The monoisotopic (exact) mass is 272 g/mol. The lowest BCUT2D eigenvalue weighted by Gasteiger charge is -2.20. The molecule has 0 saturated heterocycles. The van der Waals surface area contributed by atoms with Gasteiger partial charge in [-0.1, -0.05) is 12.1 Å². The normalized spacial score (nSPS) is 10.6. The first-order chi connectivity index (χ1) is 9.63. The molecule has 0 saturated carbocycles. The number of nitrogens with two attached hydrogens (primary N) is 1. The first-order valence-corrected chi connectivity index (χ1v) is 6.69. The molecule has 1 amide bonds. The fourth-order valence-corrected chi connectivity index (χ4v) is 2.07. The van der Waals surface area contributed by atoms with Crippen molar-refractivity contribution in [3.63, 3.8) is 0 Å². The van der Waals surface area contributed by atoms with Crippen LogP contribution in [0.25, 0.3) is 0 Å². The van der Waals surface area contributed by atoms with Gasteiger partial charge in [0.2, 0.25) is 0 Å². The van der Waals surface area contributed by atoms with Crippen molar-refractivity contribution in [3.05, 3.63) is 53.3 Å². The first-order valence-electron chi connectivity index (χ1n) is 6.69. The number of aromatic nitrogens is 2. The average Bonchev–Trinajstić information content (AvgIpc) is 2.89. The van der Waals surface area contributed by atoms with Gasteiger partial charge in [0, 0.05) is 44.0 Å². The molecular formula is C15H20N4O. The summed E-state index contributed by atoms with van der Waals surface area (Å²) in [5.41, 5.74) is 8.30. The lowest BCUT2D eigenvalue weighted by Crippen LogP contribution is -2.30. The molecule has 0 aliphatic carbocycles. The van der Waals surface area contributed by atoms with E-state index in [4.69, 9.17) is 5.73 Å². The minimum Gasteiger partial charge on any atom is -0.334 e. The highest BCUT2D eigenvalue weighted by molar-refractivity contribution is 5.94. The summed E-state index contributed by atoms with van der Waals surface area (Å²) in [6, 6.07) is 7.45. The Hall–Kier alpha value is -2.14. The summed E-state index contributed by atoms with van der Waals surface area (Å²) in [6.45, 7) is 3.69. The maximum atomic E-state index is 12.5. The zero-order valence-electron chi connectivity index (χ0n) is 11.9. The van der Waals surface area contributed by atoms with Crippen LogP contribution in [0.5, 0.6) is 0 Å². The third-order valence-corrected chi connectivity index (χ3v) is 3.24. The third-order valence-electron chi connectivity index (χ3n) is 3.24. The van der Waals surface area contributed by atoms with E-state index >= 15 is 0 Å². The molecule has 1 aromatic carbocycles. The van der Waals surface area contributed by atoms with Crippen LogP contribution < -0.4 is 5.73 Å². The van der Waals surface area contributed by atoms with Gasteiger partial charge < -0.3 is 10.6 Å². The Morgan fingerprint density at radius 2 is 2.00 bits per heavy atom. The number of benzene rings is 1. The first kappa shape index (κ1) is 14.3. The third kappa shape index (κ3) is 3.24. The molecule has 0 fully saturated rings. The van der Waals surface area contributed by atoms with Crippen LogP contribution in [0, 0.1) is 0 Å². The molecule has 5 nitrogen and oxygen atoms in total. The van der Waals surface area contributed by atoms with Crippen molar-refractivity contribution in [3.8, 4) is 0 Å². The minimum atomic E-state index is 0.0277. The van der Waals surface area contributed by atoms with E-state index in [0.29, 0.717) is 25.2 Å². The van der Waals surface area contributed by atoms with Gasteiger partial charge in [0.15, 0.2) is 0 Å². The van der Waals surface area contributed by atoms with Crippen molar-refractivity contribution in [2.75, 3.05) is 6.54 Å². The lowest BCUT2D eigenvalue weighted by atomic mass is 10.1. The number of carbonyl (C=O) groups excluding carboxylic acids is 1. The van der Waals surface area contributed by atoms with Crippen LogP contribution in [-0.2, 0) is 20.1 Å². The Bertz CT molecular complexity index is 574. The van der Waals surface area contributed by atoms with Gasteiger partial charge in [0.25, 0.3) is 5.91 Å². The molecule has 2 rings (SSSR count). The van der Waals surface area contributed by atoms with Crippen LogP contribution in [0.15, 0.2) is 36.7 Å². The molecule has 0 atom stereocenters. The van der Waals surface area contributed by atoms with Gasteiger partial charge in [-0.2, -0.15) is 5.10 Å². The van der Waals surface area contributed by atoms with E-state index in [2.05, 4.69) is 5.10 Å². The SMILES string of the molecule is CCN(Cc1cnn(C)c1)C(=O)c1ccc(CN)cc1. The second-order valence-corrected chi connectivity index (χ2v) is 4.74. The molecule has 0 aliphatic rings. The number of amides is 1. The van der Waals surface area contributed by atoms with Crippen LogP contribution in [-0.4, -0.2) is 27.1 Å². The van der Waals surface area contributed by atoms with Gasteiger partial charge in [0.05, 0.1) is 6.20 Å². The van der Waals surface area contributed by atoms with Gasteiger partial charge in [-0.3, -0.25) is 9.48 Å². The number of rotatable bonds is 5. The van der Waals surface area contributed by atoms with E-state index in [9.17, 15) is 4.79 Å². The second-order valence-electron chi connectivity index (χ2n) is 4.74. The zero-order valence-corrected chi connectivity index (χ0v) is 11.9. The Kier molecular flexibility index (Phi) is 4.53. The van der Waals surface area contributed by atoms with Crippen molar-refractivity contribution >= 4 is 5.91 Å². The molecule has 2 aromatic rings. The molecule has 1 heterocycles. The molecule has 0 unspecified atom stereocenters. The largest absolute Gasteiger partial charge is 0.334 e. The molecular weight excluding hydrogens is 252 g/mol. The zero-order chi connectivity index (χ0) is 14.5. The van der Waals surface area contributed by atoms with E-state index in [-0.39, 0.29) is 5.91 Å². The number of carbonyl (C=O) groups is 1. The summed E-state index contributed by atoms with van der Waals surface area (Å²) in [6.07, 6.45) is 3.71. The van der Waals surface area contributed by atoms with Crippen molar-refractivity contribution in [2.45, 2.75) is 20.0 Å². The summed E-state index contributed by atoms with van der Waals surface area (Å²) in [5, 5.41) is 4.12. The fraction of sp³-hybridized carbons (Fsp3) is 0.333. The van der Waals surface area contributed by atoms with Crippen LogP contribution in [0.3, 0.4) is 0 Å². The molecule has 5 heteroatoms. The van der Waals surface area contributed by atoms with E-state index in [1.807, 2.05) is 44.4 Å².